The molecule has 1 aromatic heterocycles. The van der Waals surface area contributed by atoms with E-state index in [1.807, 2.05) is 0 Å². The summed E-state index contributed by atoms with van der Waals surface area (Å²) in [6.07, 6.45) is 7.72. The minimum Gasteiger partial charge on any atom is -0.244 e. The Morgan fingerprint density at radius 2 is 1.65 bits per heavy atom. The molecule has 0 radical (unpaired) electrons. The molecule has 0 saturated carbocycles. The highest BCUT2D eigenvalue weighted by Gasteiger charge is 2.25. The highest BCUT2D eigenvalue weighted by atomic mass is 32.2. The van der Waals surface area contributed by atoms with Crippen molar-refractivity contribution < 1.29 is 8.42 Å². The van der Waals surface area contributed by atoms with Crippen molar-refractivity contribution in [3.63, 3.8) is 0 Å². The number of benzene rings is 1. The van der Waals surface area contributed by atoms with Gasteiger partial charge in [0.25, 0.3) is 10.0 Å². The van der Waals surface area contributed by atoms with Crippen LogP contribution in [-0.4, -0.2) is 17.4 Å². The van der Waals surface area contributed by atoms with Gasteiger partial charge in [-0.2, -0.15) is 0 Å². The van der Waals surface area contributed by atoms with Crippen molar-refractivity contribution in [2.45, 2.75) is 64.2 Å². The molecule has 0 aliphatic carbocycles. The van der Waals surface area contributed by atoms with Gasteiger partial charge in [-0.15, -0.1) is 0 Å². The molecule has 0 fully saturated rings. The third-order valence-electron chi connectivity index (χ3n) is 3.99. The van der Waals surface area contributed by atoms with Crippen LogP contribution in [0.5, 0.6) is 0 Å². The first kappa shape index (κ1) is 17.7. The monoisotopic (exact) mass is 334 g/mol. The summed E-state index contributed by atoms with van der Waals surface area (Å²) in [6, 6.07) is 4.13. The lowest BCUT2D eigenvalue weighted by molar-refractivity contribution is 0.584. The van der Waals surface area contributed by atoms with Crippen LogP contribution in [0, 0.1) is 0 Å². The second-order valence-electron chi connectivity index (χ2n) is 6.22. The van der Waals surface area contributed by atoms with E-state index >= 15 is 0 Å². The van der Waals surface area contributed by atoms with Crippen molar-refractivity contribution in [2.75, 3.05) is 0 Å². The lowest BCUT2D eigenvalue weighted by atomic mass is 9.94. The summed E-state index contributed by atoms with van der Waals surface area (Å²) < 4.78 is 27.4. The average Bonchev–Trinajstić information content (AvgIpc) is 3.02. The van der Waals surface area contributed by atoms with Gasteiger partial charge >= 0.3 is 0 Å². The minimum absolute atomic E-state index is 0.381. The van der Waals surface area contributed by atoms with E-state index in [0.717, 1.165) is 36.8 Å². The first-order valence-electron chi connectivity index (χ1n) is 8.31. The summed E-state index contributed by atoms with van der Waals surface area (Å²) in [7, 11) is -3.59. The highest BCUT2D eigenvalue weighted by molar-refractivity contribution is 7.90. The third-order valence-corrected chi connectivity index (χ3v) is 5.80. The molecule has 1 aromatic carbocycles. The standard InChI is InChI=1S/C18H26N2O2S/c1-5-7-15-11-17(14(3)4)12-16(8-6-2)18(15)23(21,22)20-10-9-19-13-20/h9-14H,5-8H2,1-4H3. The van der Waals surface area contributed by atoms with E-state index in [-0.39, 0.29) is 0 Å². The van der Waals surface area contributed by atoms with E-state index in [4.69, 9.17) is 0 Å². The zero-order valence-corrected chi connectivity index (χ0v) is 15.2. The van der Waals surface area contributed by atoms with Gasteiger partial charge < -0.3 is 0 Å². The van der Waals surface area contributed by atoms with Gasteiger partial charge in [-0.05, 0) is 35.4 Å². The van der Waals surface area contributed by atoms with Crippen LogP contribution in [0.3, 0.4) is 0 Å². The number of hydrogen-bond donors (Lipinski definition) is 0. The highest BCUT2D eigenvalue weighted by Crippen LogP contribution is 2.30. The predicted molar refractivity (Wildman–Crippen MR) is 93.3 cm³/mol. The summed E-state index contributed by atoms with van der Waals surface area (Å²) in [5.74, 6) is 0.381. The maximum Gasteiger partial charge on any atom is 0.269 e. The number of hydrogen-bond acceptors (Lipinski definition) is 3. The molecule has 23 heavy (non-hydrogen) atoms. The topological polar surface area (TPSA) is 52.0 Å². The molecule has 2 rings (SSSR count). The van der Waals surface area contributed by atoms with Gasteiger partial charge in [-0.1, -0.05) is 52.7 Å². The van der Waals surface area contributed by atoms with Crippen LogP contribution >= 0.6 is 0 Å². The largest absolute Gasteiger partial charge is 0.269 e. The van der Waals surface area contributed by atoms with Crippen LogP contribution < -0.4 is 0 Å². The van der Waals surface area contributed by atoms with Gasteiger partial charge in [-0.3, -0.25) is 0 Å². The predicted octanol–water partition coefficient (Wildman–Crippen LogP) is 4.15. The molecule has 2 aromatic rings. The number of aryl methyl sites for hydroxylation is 2. The number of rotatable bonds is 7. The number of nitrogens with zero attached hydrogens (tertiary/aromatic N) is 2. The van der Waals surface area contributed by atoms with Crippen molar-refractivity contribution in [3.05, 3.63) is 47.5 Å². The zero-order chi connectivity index (χ0) is 17.0. The summed E-state index contributed by atoms with van der Waals surface area (Å²) >= 11 is 0. The fourth-order valence-electron chi connectivity index (χ4n) is 2.85. The molecule has 0 saturated heterocycles. The lowest BCUT2D eigenvalue weighted by Gasteiger charge is -2.19. The second-order valence-corrected chi connectivity index (χ2v) is 8.00. The molecule has 0 aliphatic heterocycles. The number of imidazole rings is 1. The molecular formula is C18H26N2O2S. The van der Waals surface area contributed by atoms with E-state index in [9.17, 15) is 8.42 Å². The molecule has 126 valence electrons. The Bertz CT molecular complexity index is 720. The SMILES string of the molecule is CCCc1cc(C(C)C)cc(CCC)c1S(=O)(=O)n1ccnc1. The van der Waals surface area contributed by atoms with Gasteiger partial charge in [0.1, 0.15) is 6.33 Å². The molecule has 0 aliphatic rings. The Morgan fingerprint density at radius 1 is 1.09 bits per heavy atom. The molecule has 0 atom stereocenters. The minimum atomic E-state index is -3.59. The van der Waals surface area contributed by atoms with E-state index in [1.165, 1.54) is 28.3 Å². The fourth-order valence-corrected chi connectivity index (χ4v) is 4.44. The van der Waals surface area contributed by atoms with E-state index in [0.29, 0.717) is 10.8 Å². The van der Waals surface area contributed by atoms with Gasteiger partial charge in [0.05, 0.1) is 4.90 Å². The fraction of sp³-hybridized carbons (Fsp3) is 0.500. The zero-order valence-electron chi connectivity index (χ0n) is 14.4. The molecule has 0 amide bonds. The molecule has 0 unspecified atom stereocenters. The van der Waals surface area contributed by atoms with Crippen LogP contribution in [0.15, 0.2) is 35.7 Å². The van der Waals surface area contributed by atoms with Gasteiger partial charge in [0, 0.05) is 12.4 Å². The molecule has 1 heterocycles. The molecule has 0 N–H and O–H groups in total. The van der Waals surface area contributed by atoms with Crippen molar-refractivity contribution in [1.29, 1.82) is 0 Å². The maximum atomic E-state index is 13.1. The first-order chi connectivity index (χ1) is 10.9. The number of aromatic nitrogens is 2. The first-order valence-corrected chi connectivity index (χ1v) is 9.75. The Kier molecular flexibility index (Phi) is 5.63. The van der Waals surface area contributed by atoms with Crippen LogP contribution in [0.1, 0.15) is 63.1 Å². The van der Waals surface area contributed by atoms with Crippen LogP contribution in [0.25, 0.3) is 0 Å². The summed E-state index contributed by atoms with van der Waals surface area (Å²) in [5, 5.41) is 0. The Balaban J connectivity index is 2.73. The second kappa shape index (κ2) is 7.30. The Labute approximate surface area is 139 Å². The molecule has 0 bridgehead atoms. The van der Waals surface area contributed by atoms with E-state index in [1.54, 1.807) is 0 Å². The lowest BCUT2D eigenvalue weighted by Crippen LogP contribution is -2.17. The Hall–Kier alpha value is -1.62. The quantitative estimate of drug-likeness (QED) is 0.764. The van der Waals surface area contributed by atoms with Gasteiger partial charge in [-0.25, -0.2) is 17.4 Å². The molecule has 4 nitrogen and oxygen atoms in total. The average molecular weight is 334 g/mol. The van der Waals surface area contributed by atoms with Crippen molar-refractivity contribution in [1.82, 2.24) is 8.96 Å². The Morgan fingerprint density at radius 3 is 2.04 bits per heavy atom. The maximum absolute atomic E-state index is 13.1. The summed E-state index contributed by atoms with van der Waals surface area (Å²) in [4.78, 5) is 4.37. The normalized spacial score (nSPS) is 12.0. The summed E-state index contributed by atoms with van der Waals surface area (Å²) in [6.45, 7) is 8.44. The molecule has 0 spiro atoms. The van der Waals surface area contributed by atoms with Crippen molar-refractivity contribution >= 4 is 10.0 Å². The van der Waals surface area contributed by atoms with Gasteiger partial charge in [0.15, 0.2) is 0 Å². The van der Waals surface area contributed by atoms with Gasteiger partial charge in [0.2, 0.25) is 0 Å². The summed E-state index contributed by atoms with van der Waals surface area (Å²) in [5.41, 5.74) is 3.06. The van der Waals surface area contributed by atoms with Crippen molar-refractivity contribution in [2.24, 2.45) is 0 Å². The molecule has 5 heteroatoms. The van der Waals surface area contributed by atoms with E-state index in [2.05, 4.69) is 44.8 Å². The third kappa shape index (κ3) is 3.66. The smallest absolute Gasteiger partial charge is 0.244 e. The van der Waals surface area contributed by atoms with Crippen LogP contribution in [0.4, 0.5) is 0 Å². The van der Waals surface area contributed by atoms with Crippen LogP contribution in [0.2, 0.25) is 0 Å². The molecular weight excluding hydrogens is 308 g/mol. The van der Waals surface area contributed by atoms with E-state index < -0.39 is 10.0 Å². The van der Waals surface area contributed by atoms with Crippen molar-refractivity contribution in [3.8, 4) is 0 Å². The van der Waals surface area contributed by atoms with Crippen LogP contribution in [-0.2, 0) is 22.9 Å².